The lowest BCUT2D eigenvalue weighted by molar-refractivity contribution is -0.0643. The second-order valence-corrected chi connectivity index (χ2v) is 22.2. The number of hydrogen-bond acceptors (Lipinski definition) is 4. The normalized spacial score (nSPS) is 16.9. The third-order valence-corrected chi connectivity index (χ3v) is 11.6. The second kappa shape index (κ2) is 10.8. The van der Waals surface area contributed by atoms with E-state index in [0.29, 0.717) is 6.61 Å². The molecule has 0 heterocycles. The van der Waals surface area contributed by atoms with Crippen LogP contribution in [0.1, 0.15) is 41.5 Å². The second-order valence-electron chi connectivity index (χ2n) is 10.7. The van der Waals surface area contributed by atoms with E-state index >= 15 is 0 Å². The molecule has 0 aliphatic rings. The molecule has 0 aromatic carbocycles. The molecular weight excluding hydrogens is 406 g/mol. The van der Waals surface area contributed by atoms with Crippen molar-refractivity contribution in [1.29, 1.82) is 0 Å². The van der Waals surface area contributed by atoms with E-state index in [1.54, 1.807) is 7.11 Å². The minimum atomic E-state index is -1.97. The zero-order chi connectivity index (χ0) is 22.4. The van der Waals surface area contributed by atoms with Crippen molar-refractivity contribution in [3.8, 4) is 11.5 Å². The van der Waals surface area contributed by atoms with Crippen LogP contribution in [0.4, 0.5) is 0 Å². The highest BCUT2D eigenvalue weighted by atomic mass is 32.2. The van der Waals surface area contributed by atoms with Crippen molar-refractivity contribution in [3.05, 3.63) is 0 Å². The maximum atomic E-state index is 12.8. The number of hydrogen-bond donors (Lipinski definition) is 1. The van der Waals surface area contributed by atoms with Gasteiger partial charge in [0.2, 0.25) is 0 Å². The van der Waals surface area contributed by atoms with E-state index in [1.807, 2.05) is 20.8 Å². The van der Waals surface area contributed by atoms with Crippen molar-refractivity contribution in [2.24, 2.45) is 0 Å². The van der Waals surface area contributed by atoms with Crippen LogP contribution in [0.3, 0.4) is 0 Å². The summed E-state index contributed by atoms with van der Waals surface area (Å²) in [7, 11) is -3.23. The summed E-state index contributed by atoms with van der Waals surface area (Å²) in [6.07, 6.45) is -0.456. The molecule has 0 saturated carbocycles. The summed E-state index contributed by atoms with van der Waals surface area (Å²) >= 11 is 0. The van der Waals surface area contributed by atoms with Crippen molar-refractivity contribution in [2.45, 2.75) is 96.2 Å². The maximum absolute atomic E-state index is 12.8. The third kappa shape index (κ3) is 10.7. The van der Waals surface area contributed by atoms with Gasteiger partial charge in [0.15, 0.2) is 8.32 Å². The Bertz CT molecular complexity index is 566. The Balaban J connectivity index is 5.72. The summed E-state index contributed by atoms with van der Waals surface area (Å²) in [6.45, 7) is 24.0. The lowest BCUT2D eigenvalue weighted by Crippen LogP contribution is -2.52. The van der Waals surface area contributed by atoms with E-state index in [2.05, 4.69) is 69.7 Å². The van der Waals surface area contributed by atoms with E-state index in [1.165, 1.54) is 0 Å². The average Bonchev–Trinajstić information content (AvgIpc) is 2.48. The van der Waals surface area contributed by atoms with Crippen LogP contribution in [0.15, 0.2) is 0 Å². The van der Waals surface area contributed by atoms with Crippen LogP contribution in [-0.4, -0.2) is 58.0 Å². The van der Waals surface area contributed by atoms with E-state index in [9.17, 15) is 4.21 Å². The van der Waals surface area contributed by atoms with Gasteiger partial charge in [-0.05, 0) is 38.9 Å². The Morgan fingerprint density at radius 2 is 1.57 bits per heavy atom. The van der Waals surface area contributed by atoms with Gasteiger partial charge in [-0.1, -0.05) is 46.3 Å². The molecule has 28 heavy (non-hydrogen) atoms. The molecule has 0 aliphatic carbocycles. The van der Waals surface area contributed by atoms with Crippen LogP contribution >= 0.6 is 0 Å². The molecule has 5 nitrogen and oxygen atoms in total. The molecule has 0 saturated heterocycles. The fourth-order valence-corrected chi connectivity index (χ4v) is 4.12. The number of ether oxygens (including phenoxy) is 2. The lowest BCUT2D eigenvalue weighted by Gasteiger charge is -2.38. The fraction of sp³-hybridized carbons (Fsp3) is 0.900. The molecule has 1 unspecified atom stereocenters. The van der Waals surface area contributed by atoms with Crippen LogP contribution < -0.4 is 4.72 Å². The van der Waals surface area contributed by atoms with E-state index in [4.69, 9.17) is 13.9 Å². The summed E-state index contributed by atoms with van der Waals surface area (Å²) in [6, 6.07) is -0.312. The quantitative estimate of drug-likeness (QED) is 0.324. The Hall–Kier alpha value is -0.0162. The molecule has 0 fully saturated rings. The van der Waals surface area contributed by atoms with Gasteiger partial charge < -0.3 is 13.9 Å². The highest BCUT2D eigenvalue weighted by Gasteiger charge is 2.39. The largest absolute Gasteiger partial charge is 0.415 e. The molecule has 0 bridgehead atoms. The molecular formula is C20H43NO4SSi2. The van der Waals surface area contributed by atoms with E-state index < -0.39 is 38.2 Å². The fourth-order valence-electron chi connectivity index (χ4n) is 1.70. The number of rotatable bonds is 9. The number of nitrogens with one attached hydrogen (secondary N) is 1. The van der Waals surface area contributed by atoms with Gasteiger partial charge in [0.1, 0.15) is 21.0 Å². The van der Waals surface area contributed by atoms with Crippen molar-refractivity contribution in [1.82, 2.24) is 4.72 Å². The maximum Gasteiger partial charge on any atom is 0.192 e. The standard InChI is InChI=1S/C20H43NO4SSi2/c1-19(2,3)26(22)21-17(15-25-28(11,12)20(4,5)6)18(24-16-23-7)13-14-27(8,9)10/h17-18,21H,15-16H2,1-12H3/t17-,18+,26?/m0/s1. The summed E-state index contributed by atoms with van der Waals surface area (Å²) in [5.41, 5.74) is 3.38. The van der Waals surface area contributed by atoms with Crippen molar-refractivity contribution >= 4 is 27.4 Å². The molecule has 0 spiro atoms. The molecule has 166 valence electrons. The summed E-state index contributed by atoms with van der Waals surface area (Å²) in [4.78, 5) is 0. The molecule has 0 aromatic rings. The van der Waals surface area contributed by atoms with Gasteiger partial charge >= 0.3 is 0 Å². The first-order chi connectivity index (χ1) is 12.4. The first-order valence-electron chi connectivity index (χ1n) is 9.86. The summed E-state index contributed by atoms with van der Waals surface area (Å²) in [5, 5.41) is 0.0909. The first kappa shape index (κ1) is 28.0. The molecule has 1 N–H and O–H groups in total. The minimum Gasteiger partial charge on any atom is -0.415 e. The molecule has 0 aromatic heterocycles. The molecule has 0 amide bonds. The van der Waals surface area contributed by atoms with Crippen LogP contribution in [0.2, 0.25) is 37.8 Å². The van der Waals surface area contributed by atoms with Gasteiger partial charge in [0.25, 0.3) is 0 Å². The SMILES string of the molecule is COCO[C@H](C#C[Si](C)(C)C)[C@H](CO[Si](C)(C)C(C)(C)C)NS(=O)C(C)(C)C. The Morgan fingerprint density at radius 1 is 1.04 bits per heavy atom. The molecule has 0 rings (SSSR count). The van der Waals surface area contributed by atoms with Gasteiger partial charge in [-0.15, -0.1) is 5.54 Å². The Labute approximate surface area is 178 Å². The van der Waals surface area contributed by atoms with Crippen LogP contribution in [0, 0.1) is 11.5 Å². The number of methoxy groups -OCH3 is 1. The molecule has 0 aliphatic heterocycles. The minimum absolute atomic E-state index is 0.0909. The summed E-state index contributed by atoms with van der Waals surface area (Å²) in [5.74, 6) is 3.27. The van der Waals surface area contributed by atoms with Crippen LogP contribution in [0.25, 0.3) is 0 Å². The van der Waals surface area contributed by atoms with Crippen LogP contribution in [-0.2, 0) is 24.9 Å². The topological polar surface area (TPSA) is 56.8 Å². The third-order valence-electron chi connectivity index (χ3n) is 4.56. The van der Waals surface area contributed by atoms with Crippen molar-refractivity contribution in [2.75, 3.05) is 20.5 Å². The van der Waals surface area contributed by atoms with Gasteiger partial charge in [-0.3, -0.25) is 0 Å². The van der Waals surface area contributed by atoms with E-state index in [-0.39, 0.29) is 17.9 Å². The highest BCUT2D eigenvalue weighted by molar-refractivity contribution is 7.84. The van der Waals surface area contributed by atoms with Crippen molar-refractivity contribution < 1.29 is 18.1 Å². The molecule has 0 radical (unpaired) electrons. The summed E-state index contributed by atoms with van der Waals surface area (Å²) < 4.78 is 33.1. The van der Waals surface area contributed by atoms with Gasteiger partial charge in [-0.25, -0.2) is 8.93 Å². The van der Waals surface area contributed by atoms with Gasteiger partial charge in [0, 0.05) is 7.11 Å². The zero-order valence-electron chi connectivity index (χ0n) is 20.1. The Morgan fingerprint density at radius 3 is 1.96 bits per heavy atom. The predicted octanol–water partition coefficient (Wildman–Crippen LogP) is 4.30. The molecule has 3 atom stereocenters. The Kier molecular flexibility index (Phi) is 10.8. The highest BCUT2D eigenvalue weighted by Crippen LogP contribution is 2.36. The lowest BCUT2D eigenvalue weighted by atomic mass is 10.2. The zero-order valence-corrected chi connectivity index (χ0v) is 22.9. The van der Waals surface area contributed by atoms with Gasteiger partial charge in [0.05, 0.1) is 28.4 Å². The smallest absolute Gasteiger partial charge is 0.192 e. The van der Waals surface area contributed by atoms with Gasteiger partial charge in [-0.2, -0.15) is 0 Å². The predicted molar refractivity (Wildman–Crippen MR) is 126 cm³/mol. The first-order valence-corrected chi connectivity index (χ1v) is 17.4. The monoisotopic (exact) mass is 449 g/mol. The van der Waals surface area contributed by atoms with Crippen LogP contribution in [0.5, 0.6) is 0 Å². The molecule has 8 heteroatoms. The average molecular weight is 450 g/mol. The van der Waals surface area contributed by atoms with E-state index in [0.717, 1.165) is 0 Å². The van der Waals surface area contributed by atoms with Crippen molar-refractivity contribution in [3.63, 3.8) is 0 Å².